The largest absolute Gasteiger partial charge is 0.326 e. The van der Waals surface area contributed by atoms with E-state index in [1.807, 2.05) is 19.1 Å². The monoisotopic (exact) mass is 359 g/mol. The SMILES string of the molecule is CCc1ccc(NC(=O)CCS(=O)(=O)c2cccc3nonc23)cc1. The van der Waals surface area contributed by atoms with Gasteiger partial charge in [0.15, 0.2) is 15.4 Å². The quantitative estimate of drug-likeness (QED) is 0.726. The number of hydrogen-bond acceptors (Lipinski definition) is 6. The van der Waals surface area contributed by atoms with E-state index < -0.39 is 9.84 Å². The molecular formula is C17H17N3O4S. The molecule has 0 aliphatic rings. The van der Waals surface area contributed by atoms with Gasteiger partial charge < -0.3 is 5.32 Å². The summed E-state index contributed by atoms with van der Waals surface area (Å²) >= 11 is 0. The molecule has 0 fully saturated rings. The van der Waals surface area contributed by atoms with Crippen molar-refractivity contribution >= 4 is 32.5 Å². The third kappa shape index (κ3) is 3.85. The van der Waals surface area contributed by atoms with Gasteiger partial charge in [-0.15, -0.1) is 0 Å². The number of nitrogens with one attached hydrogen (secondary N) is 1. The maximum atomic E-state index is 12.5. The van der Waals surface area contributed by atoms with Gasteiger partial charge in [-0.3, -0.25) is 4.79 Å². The van der Waals surface area contributed by atoms with Crippen LogP contribution in [-0.2, 0) is 21.1 Å². The van der Waals surface area contributed by atoms with Gasteiger partial charge in [0.25, 0.3) is 0 Å². The molecule has 2 aromatic carbocycles. The third-order valence-corrected chi connectivity index (χ3v) is 5.57. The average Bonchev–Trinajstić information content (AvgIpc) is 3.09. The van der Waals surface area contributed by atoms with Crippen molar-refractivity contribution in [2.45, 2.75) is 24.7 Å². The highest BCUT2D eigenvalue weighted by Crippen LogP contribution is 2.21. The molecule has 0 unspecified atom stereocenters. The molecule has 7 nitrogen and oxygen atoms in total. The molecular weight excluding hydrogens is 342 g/mol. The van der Waals surface area contributed by atoms with Crippen molar-refractivity contribution in [1.29, 1.82) is 0 Å². The van der Waals surface area contributed by atoms with E-state index in [0.29, 0.717) is 11.2 Å². The second-order valence-corrected chi connectivity index (χ2v) is 7.63. The molecule has 0 atom stereocenters. The van der Waals surface area contributed by atoms with Crippen LogP contribution in [0.2, 0.25) is 0 Å². The molecule has 0 saturated heterocycles. The number of aromatic nitrogens is 2. The summed E-state index contributed by atoms with van der Waals surface area (Å²) in [5.74, 6) is -0.684. The second kappa shape index (κ2) is 7.02. The van der Waals surface area contributed by atoms with Crippen molar-refractivity contribution in [3.8, 4) is 0 Å². The Morgan fingerprint density at radius 1 is 1.12 bits per heavy atom. The minimum atomic E-state index is -3.68. The number of aryl methyl sites for hydroxylation is 1. The average molecular weight is 359 g/mol. The molecule has 0 radical (unpaired) electrons. The summed E-state index contributed by atoms with van der Waals surface area (Å²) in [6.07, 6.45) is 0.758. The standard InChI is InChI=1S/C17H17N3O4S/c1-2-12-6-8-13(9-7-12)18-16(21)10-11-25(22,23)15-5-3-4-14-17(15)20-24-19-14/h3-9H,2,10-11H2,1H3,(H,18,21). The number of fused-ring (bicyclic) bond motifs is 1. The summed E-state index contributed by atoms with van der Waals surface area (Å²) in [6, 6.07) is 12.0. The number of carbonyl (C=O) groups is 1. The lowest BCUT2D eigenvalue weighted by atomic mass is 10.1. The molecule has 3 rings (SSSR count). The maximum absolute atomic E-state index is 12.5. The predicted octanol–water partition coefficient (Wildman–Crippen LogP) is 2.59. The number of rotatable bonds is 6. The van der Waals surface area contributed by atoms with Gasteiger partial charge in [0.2, 0.25) is 5.91 Å². The van der Waals surface area contributed by atoms with E-state index >= 15 is 0 Å². The van der Waals surface area contributed by atoms with E-state index in [1.54, 1.807) is 24.3 Å². The number of amides is 1. The Morgan fingerprint density at radius 3 is 2.60 bits per heavy atom. The lowest BCUT2D eigenvalue weighted by Crippen LogP contribution is -2.17. The Bertz CT molecular complexity index is 994. The molecule has 8 heteroatoms. The van der Waals surface area contributed by atoms with E-state index in [0.717, 1.165) is 12.0 Å². The van der Waals surface area contributed by atoms with Crippen molar-refractivity contribution in [3.05, 3.63) is 48.0 Å². The molecule has 0 spiro atoms. The normalized spacial score (nSPS) is 11.6. The van der Waals surface area contributed by atoms with Gasteiger partial charge in [-0.05, 0) is 46.6 Å². The highest BCUT2D eigenvalue weighted by atomic mass is 32.2. The molecule has 1 heterocycles. The van der Waals surface area contributed by atoms with E-state index in [9.17, 15) is 13.2 Å². The van der Waals surface area contributed by atoms with Gasteiger partial charge in [0.05, 0.1) is 10.6 Å². The highest BCUT2D eigenvalue weighted by Gasteiger charge is 2.21. The predicted molar refractivity (Wildman–Crippen MR) is 92.9 cm³/mol. The van der Waals surface area contributed by atoms with Gasteiger partial charge in [0.1, 0.15) is 5.52 Å². The number of anilines is 1. The fraction of sp³-hybridized carbons (Fsp3) is 0.235. The zero-order chi connectivity index (χ0) is 17.9. The van der Waals surface area contributed by atoms with Gasteiger partial charge in [0, 0.05) is 12.1 Å². The molecule has 0 saturated carbocycles. The van der Waals surface area contributed by atoms with Gasteiger partial charge in [-0.25, -0.2) is 13.0 Å². The summed E-state index contributed by atoms with van der Waals surface area (Å²) in [5, 5.41) is 9.96. The summed E-state index contributed by atoms with van der Waals surface area (Å²) in [6.45, 7) is 2.05. The van der Waals surface area contributed by atoms with Gasteiger partial charge in [-0.2, -0.15) is 0 Å². The van der Waals surface area contributed by atoms with E-state index in [4.69, 9.17) is 0 Å². The van der Waals surface area contributed by atoms with Crippen LogP contribution in [-0.4, -0.2) is 30.4 Å². The van der Waals surface area contributed by atoms with Crippen LogP contribution in [0.1, 0.15) is 18.9 Å². The summed E-state index contributed by atoms with van der Waals surface area (Å²) in [5.41, 5.74) is 2.34. The number of carbonyl (C=O) groups excluding carboxylic acids is 1. The molecule has 1 aromatic heterocycles. The van der Waals surface area contributed by atoms with E-state index in [2.05, 4.69) is 20.3 Å². The molecule has 0 aliphatic heterocycles. The number of hydrogen-bond donors (Lipinski definition) is 1. The zero-order valence-electron chi connectivity index (χ0n) is 13.6. The summed E-state index contributed by atoms with van der Waals surface area (Å²) in [7, 11) is -3.68. The number of nitrogens with zero attached hydrogens (tertiary/aromatic N) is 2. The number of sulfone groups is 1. The van der Waals surface area contributed by atoms with Crippen LogP contribution < -0.4 is 5.32 Å². The van der Waals surface area contributed by atoms with Crippen LogP contribution >= 0.6 is 0 Å². The van der Waals surface area contributed by atoms with Gasteiger partial charge >= 0.3 is 0 Å². The summed E-state index contributed by atoms with van der Waals surface area (Å²) in [4.78, 5) is 12.1. The van der Waals surface area contributed by atoms with Crippen LogP contribution in [0.4, 0.5) is 5.69 Å². The first-order valence-corrected chi connectivity index (χ1v) is 9.47. The maximum Gasteiger partial charge on any atom is 0.225 e. The smallest absolute Gasteiger partial charge is 0.225 e. The minimum Gasteiger partial charge on any atom is -0.326 e. The Hall–Kier alpha value is -2.74. The lowest BCUT2D eigenvalue weighted by Gasteiger charge is -2.07. The second-order valence-electron chi connectivity index (χ2n) is 5.56. The fourth-order valence-electron chi connectivity index (χ4n) is 2.42. The summed E-state index contributed by atoms with van der Waals surface area (Å²) < 4.78 is 29.6. The van der Waals surface area contributed by atoms with Crippen LogP contribution in [0.25, 0.3) is 11.0 Å². The van der Waals surface area contributed by atoms with Crippen LogP contribution in [0, 0.1) is 0 Å². The number of benzene rings is 2. The Morgan fingerprint density at radius 2 is 1.88 bits per heavy atom. The van der Waals surface area contributed by atoms with Crippen LogP contribution in [0.3, 0.4) is 0 Å². The topological polar surface area (TPSA) is 102 Å². The third-order valence-electron chi connectivity index (χ3n) is 3.83. The molecule has 130 valence electrons. The molecule has 1 N–H and O–H groups in total. The van der Waals surface area contributed by atoms with Gasteiger partial charge in [-0.1, -0.05) is 25.1 Å². The first-order valence-electron chi connectivity index (χ1n) is 7.82. The van der Waals surface area contributed by atoms with Crippen molar-refractivity contribution in [2.75, 3.05) is 11.1 Å². The van der Waals surface area contributed by atoms with Crippen LogP contribution in [0.15, 0.2) is 52.0 Å². The Labute approximate surface area is 144 Å². The van der Waals surface area contributed by atoms with Crippen molar-refractivity contribution < 1.29 is 17.8 Å². The molecule has 3 aromatic rings. The Balaban J connectivity index is 1.67. The highest BCUT2D eigenvalue weighted by molar-refractivity contribution is 7.91. The minimum absolute atomic E-state index is 0.0198. The van der Waals surface area contributed by atoms with Crippen molar-refractivity contribution in [2.24, 2.45) is 0 Å². The molecule has 25 heavy (non-hydrogen) atoms. The molecule has 0 bridgehead atoms. The van der Waals surface area contributed by atoms with E-state index in [-0.39, 0.29) is 28.5 Å². The van der Waals surface area contributed by atoms with Crippen molar-refractivity contribution in [3.63, 3.8) is 0 Å². The Kier molecular flexibility index (Phi) is 4.80. The molecule has 1 amide bonds. The molecule has 0 aliphatic carbocycles. The van der Waals surface area contributed by atoms with E-state index in [1.165, 1.54) is 6.07 Å². The first-order chi connectivity index (χ1) is 12.0. The zero-order valence-corrected chi connectivity index (χ0v) is 14.4. The fourth-order valence-corrected chi connectivity index (χ4v) is 3.81. The van der Waals surface area contributed by atoms with Crippen molar-refractivity contribution in [1.82, 2.24) is 10.3 Å². The van der Waals surface area contributed by atoms with Crippen LogP contribution in [0.5, 0.6) is 0 Å². The lowest BCUT2D eigenvalue weighted by molar-refractivity contribution is -0.115. The first kappa shape index (κ1) is 17.1.